The maximum absolute atomic E-state index is 12.5. The molecule has 0 aromatic heterocycles. The van der Waals surface area contributed by atoms with Crippen molar-refractivity contribution in [2.45, 2.75) is 64.0 Å². The highest BCUT2D eigenvalue weighted by molar-refractivity contribution is 5.80. The normalized spacial score (nSPS) is 32.6. The highest BCUT2D eigenvalue weighted by atomic mass is 16.5. The second-order valence-electron chi connectivity index (χ2n) is 8.52. The number of hydrogen-bond donors (Lipinski definition) is 2. The van der Waals surface area contributed by atoms with Crippen molar-refractivity contribution in [2.24, 2.45) is 17.8 Å². The highest BCUT2D eigenvalue weighted by Gasteiger charge is 2.46. The molecular formula is C22H30N2O3. The molecule has 2 aliphatic carbocycles. The van der Waals surface area contributed by atoms with Crippen LogP contribution in [0.25, 0.3) is 0 Å². The smallest absolute Gasteiger partial charge is 0.258 e. The van der Waals surface area contributed by atoms with E-state index >= 15 is 0 Å². The Labute approximate surface area is 161 Å². The molecule has 2 amide bonds. The first-order valence-electron chi connectivity index (χ1n) is 10.4. The van der Waals surface area contributed by atoms with E-state index in [0.717, 1.165) is 37.0 Å². The molecule has 1 saturated heterocycles. The lowest BCUT2D eigenvalue weighted by molar-refractivity contribution is -0.136. The van der Waals surface area contributed by atoms with E-state index in [1.54, 1.807) is 0 Å². The van der Waals surface area contributed by atoms with Crippen LogP contribution in [0.3, 0.4) is 0 Å². The van der Waals surface area contributed by atoms with E-state index in [1.807, 2.05) is 31.2 Å². The van der Waals surface area contributed by atoms with E-state index in [1.165, 1.54) is 19.3 Å². The van der Waals surface area contributed by atoms with Crippen molar-refractivity contribution >= 4 is 11.8 Å². The molecule has 1 aliphatic heterocycles. The van der Waals surface area contributed by atoms with Gasteiger partial charge in [0, 0.05) is 18.0 Å². The van der Waals surface area contributed by atoms with Gasteiger partial charge in [-0.3, -0.25) is 9.59 Å². The lowest BCUT2D eigenvalue weighted by Gasteiger charge is -2.49. The zero-order valence-electron chi connectivity index (χ0n) is 16.1. The minimum absolute atomic E-state index is 0.0328. The Kier molecular flexibility index (Phi) is 5.37. The minimum Gasteiger partial charge on any atom is -0.484 e. The zero-order chi connectivity index (χ0) is 18.8. The SMILES string of the molecule is Cc1cccc(OCC(=O)NC2CCC3C(C2)NC(=O)C2CCCCC23)c1. The maximum atomic E-state index is 12.5. The van der Waals surface area contributed by atoms with E-state index in [4.69, 9.17) is 4.74 Å². The van der Waals surface area contributed by atoms with E-state index in [-0.39, 0.29) is 36.4 Å². The van der Waals surface area contributed by atoms with Gasteiger partial charge in [-0.25, -0.2) is 0 Å². The molecule has 0 bridgehead atoms. The molecule has 3 aliphatic rings. The van der Waals surface area contributed by atoms with Gasteiger partial charge in [0.05, 0.1) is 0 Å². The van der Waals surface area contributed by atoms with E-state index < -0.39 is 0 Å². The molecule has 27 heavy (non-hydrogen) atoms. The van der Waals surface area contributed by atoms with Gasteiger partial charge in [-0.15, -0.1) is 0 Å². The van der Waals surface area contributed by atoms with Crippen LogP contribution in [0.1, 0.15) is 50.5 Å². The number of ether oxygens (including phenoxy) is 1. The molecule has 0 radical (unpaired) electrons. The third kappa shape index (κ3) is 4.12. The first-order chi connectivity index (χ1) is 13.1. The van der Waals surface area contributed by atoms with Crippen LogP contribution in [0, 0.1) is 24.7 Å². The number of rotatable bonds is 4. The Morgan fingerprint density at radius 2 is 2.04 bits per heavy atom. The summed E-state index contributed by atoms with van der Waals surface area (Å²) in [6.07, 6.45) is 7.62. The van der Waals surface area contributed by atoms with E-state index in [9.17, 15) is 9.59 Å². The zero-order valence-corrected chi connectivity index (χ0v) is 16.1. The van der Waals surface area contributed by atoms with Crippen molar-refractivity contribution in [3.63, 3.8) is 0 Å². The molecular weight excluding hydrogens is 340 g/mol. The topological polar surface area (TPSA) is 67.4 Å². The Hall–Kier alpha value is -2.04. The van der Waals surface area contributed by atoms with Crippen LogP contribution in [0.2, 0.25) is 0 Å². The Morgan fingerprint density at radius 1 is 1.19 bits per heavy atom. The van der Waals surface area contributed by atoms with Crippen LogP contribution in [0.5, 0.6) is 5.75 Å². The Bertz CT molecular complexity index is 705. The summed E-state index contributed by atoms with van der Waals surface area (Å²) in [5.41, 5.74) is 1.11. The van der Waals surface area contributed by atoms with Gasteiger partial charge in [-0.1, -0.05) is 25.0 Å². The monoisotopic (exact) mass is 370 g/mol. The standard InChI is InChI=1S/C22H30N2O3/c1-14-5-4-6-16(11-14)27-13-21(25)23-15-9-10-18-17-7-2-3-8-19(17)22(26)24-20(18)12-15/h4-6,11,15,17-20H,2-3,7-10,12-13H2,1H3,(H,23,25)(H,24,26). The number of piperidine rings is 1. The molecule has 4 rings (SSSR count). The molecule has 1 heterocycles. The van der Waals surface area contributed by atoms with Gasteiger partial charge in [-0.05, 0) is 68.6 Å². The van der Waals surface area contributed by atoms with Crippen LogP contribution in [-0.2, 0) is 9.59 Å². The largest absolute Gasteiger partial charge is 0.484 e. The summed E-state index contributed by atoms with van der Waals surface area (Å²) in [5.74, 6) is 2.25. The first-order valence-corrected chi connectivity index (χ1v) is 10.4. The highest BCUT2D eigenvalue weighted by Crippen LogP contribution is 2.44. The van der Waals surface area contributed by atoms with Gasteiger partial charge >= 0.3 is 0 Å². The van der Waals surface area contributed by atoms with Crippen molar-refractivity contribution in [3.8, 4) is 5.75 Å². The summed E-state index contributed by atoms with van der Waals surface area (Å²) >= 11 is 0. The molecule has 1 aromatic rings. The molecule has 3 fully saturated rings. The van der Waals surface area contributed by atoms with Crippen molar-refractivity contribution in [1.29, 1.82) is 0 Å². The third-order valence-corrected chi connectivity index (χ3v) is 6.66. The molecule has 5 unspecified atom stereocenters. The van der Waals surface area contributed by atoms with Gasteiger partial charge < -0.3 is 15.4 Å². The third-order valence-electron chi connectivity index (χ3n) is 6.66. The predicted octanol–water partition coefficient (Wildman–Crippen LogP) is 2.96. The lowest BCUT2D eigenvalue weighted by Crippen LogP contribution is -2.59. The molecule has 2 saturated carbocycles. The summed E-state index contributed by atoms with van der Waals surface area (Å²) in [5, 5.41) is 6.37. The molecule has 5 nitrogen and oxygen atoms in total. The number of fused-ring (bicyclic) bond motifs is 3. The number of benzene rings is 1. The van der Waals surface area contributed by atoms with Crippen molar-refractivity contribution in [3.05, 3.63) is 29.8 Å². The fourth-order valence-corrected chi connectivity index (χ4v) is 5.41. The number of amides is 2. The molecule has 0 spiro atoms. The van der Waals surface area contributed by atoms with Gasteiger partial charge in [0.25, 0.3) is 5.91 Å². The summed E-state index contributed by atoms with van der Waals surface area (Å²) in [7, 11) is 0. The molecule has 5 atom stereocenters. The minimum atomic E-state index is -0.0855. The van der Waals surface area contributed by atoms with Crippen LogP contribution in [0.15, 0.2) is 24.3 Å². The summed E-state index contributed by atoms with van der Waals surface area (Å²) < 4.78 is 5.60. The van der Waals surface area contributed by atoms with Crippen LogP contribution < -0.4 is 15.4 Å². The summed E-state index contributed by atoms with van der Waals surface area (Å²) in [6, 6.07) is 8.06. The van der Waals surface area contributed by atoms with Gasteiger partial charge in [0.15, 0.2) is 6.61 Å². The van der Waals surface area contributed by atoms with Crippen LogP contribution >= 0.6 is 0 Å². The lowest BCUT2D eigenvalue weighted by atomic mass is 9.63. The predicted molar refractivity (Wildman–Crippen MR) is 103 cm³/mol. The number of carbonyl (C=O) groups is 2. The Balaban J connectivity index is 1.29. The van der Waals surface area contributed by atoms with Gasteiger partial charge in [-0.2, -0.15) is 0 Å². The fourth-order valence-electron chi connectivity index (χ4n) is 5.41. The van der Waals surface area contributed by atoms with Gasteiger partial charge in [0.1, 0.15) is 5.75 Å². The average molecular weight is 370 g/mol. The Morgan fingerprint density at radius 3 is 2.89 bits per heavy atom. The quantitative estimate of drug-likeness (QED) is 0.856. The number of nitrogens with one attached hydrogen (secondary N) is 2. The maximum Gasteiger partial charge on any atom is 0.258 e. The van der Waals surface area contributed by atoms with Crippen LogP contribution in [-0.4, -0.2) is 30.5 Å². The van der Waals surface area contributed by atoms with Crippen molar-refractivity contribution < 1.29 is 14.3 Å². The molecule has 5 heteroatoms. The number of aryl methyl sites for hydroxylation is 1. The number of carbonyl (C=O) groups excluding carboxylic acids is 2. The molecule has 2 N–H and O–H groups in total. The van der Waals surface area contributed by atoms with E-state index in [0.29, 0.717) is 11.8 Å². The fraction of sp³-hybridized carbons (Fsp3) is 0.636. The molecule has 146 valence electrons. The second-order valence-corrected chi connectivity index (χ2v) is 8.52. The van der Waals surface area contributed by atoms with Gasteiger partial charge in [0.2, 0.25) is 5.91 Å². The van der Waals surface area contributed by atoms with Crippen molar-refractivity contribution in [2.75, 3.05) is 6.61 Å². The molecule has 1 aromatic carbocycles. The summed E-state index contributed by atoms with van der Waals surface area (Å²) in [6.45, 7) is 2.03. The number of hydrogen-bond acceptors (Lipinski definition) is 3. The van der Waals surface area contributed by atoms with Crippen LogP contribution in [0.4, 0.5) is 0 Å². The second kappa shape index (κ2) is 7.91. The average Bonchev–Trinajstić information content (AvgIpc) is 2.67. The van der Waals surface area contributed by atoms with E-state index in [2.05, 4.69) is 10.6 Å². The first kappa shape index (κ1) is 18.3. The summed E-state index contributed by atoms with van der Waals surface area (Å²) in [4.78, 5) is 24.8. The van der Waals surface area contributed by atoms with Crippen molar-refractivity contribution in [1.82, 2.24) is 10.6 Å².